The number of halogens is 1. The molecule has 0 bridgehead atoms. The number of hydrogen-bond donors (Lipinski definition) is 1. The summed E-state index contributed by atoms with van der Waals surface area (Å²) >= 11 is 7.93. The van der Waals surface area contributed by atoms with Crippen LogP contribution in [0.25, 0.3) is 21.6 Å². The van der Waals surface area contributed by atoms with Crippen LogP contribution in [0, 0.1) is 5.92 Å². The Balaban J connectivity index is 1.11. The van der Waals surface area contributed by atoms with Crippen molar-refractivity contribution in [3.05, 3.63) is 112 Å². The zero-order valence-electron chi connectivity index (χ0n) is 23.4. The molecular weight excluding hydrogens is 562 g/mol. The molecule has 0 radical (unpaired) electrons. The van der Waals surface area contributed by atoms with Crippen LogP contribution >= 0.6 is 22.9 Å². The van der Waals surface area contributed by atoms with Gasteiger partial charge in [0.2, 0.25) is 5.28 Å². The zero-order valence-corrected chi connectivity index (χ0v) is 25.0. The second-order valence-electron chi connectivity index (χ2n) is 11.5. The number of fused-ring (bicyclic) bond motifs is 1. The van der Waals surface area contributed by atoms with Gasteiger partial charge in [-0.1, -0.05) is 72.3 Å². The molecule has 1 unspecified atom stereocenters. The van der Waals surface area contributed by atoms with Crippen LogP contribution in [0.5, 0.6) is 0 Å². The Hall–Kier alpha value is -3.36. The van der Waals surface area contributed by atoms with E-state index < -0.39 is 6.10 Å². The van der Waals surface area contributed by atoms with E-state index in [1.165, 1.54) is 16.7 Å². The summed E-state index contributed by atoms with van der Waals surface area (Å²) in [6, 6.07) is 21.0. The Kier molecular flexibility index (Phi) is 7.91. The van der Waals surface area contributed by atoms with Gasteiger partial charge in [0.05, 0.1) is 17.8 Å². The van der Waals surface area contributed by atoms with E-state index in [1.807, 2.05) is 6.07 Å². The van der Waals surface area contributed by atoms with E-state index in [4.69, 9.17) is 16.6 Å². The molecule has 1 N–H and O–H groups in total. The third-order valence-corrected chi connectivity index (χ3v) is 9.85. The maximum absolute atomic E-state index is 11.4. The van der Waals surface area contributed by atoms with Crippen molar-refractivity contribution in [3.8, 4) is 10.6 Å². The van der Waals surface area contributed by atoms with Crippen LogP contribution in [0.2, 0.25) is 5.28 Å². The number of nitrogens with zero attached hydrogens (tertiary/aromatic N) is 5. The number of aliphatic hydroxyl groups is 1. The third-order valence-electron chi connectivity index (χ3n) is 8.75. The minimum Gasteiger partial charge on any atom is -0.391 e. The van der Waals surface area contributed by atoms with E-state index in [9.17, 15) is 5.11 Å². The van der Waals surface area contributed by atoms with Gasteiger partial charge in [0.15, 0.2) is 0 Å². The van der Waals surface area contributed by atoms with Crippen molar-refractivity contribution in [1.29, 1.82) is 0 Å². The highest BCUT2D eigenvalue weighted by Crippen LogP contribution is 2.43. The summed E-state index contributed by atoms with van der Waals surface area (Å²) in [5, 5.41) is 15.6. The summed E-state index contributed by atoms with van der Waals surface area (Å²) in [5.41, 5.74) is 6.88. The van der Waals surface area contributed by atoms with E-state index in [0.717, 1.165) is 79.0 Å². The Labute approximate surface area is 255 Å². The molecule has 0 spiro atoms. The molecular formula is C34H34ClN5OS. The molecule has 2 aliphatic rings. The molecule has 0 saturated heterocycles. The lowest BCUT2D eigenvalue weighted by atomic mass is 9.93. The molecule has 0 amide bonds. The minimum absolute atomic E-state index is 0.0819. The first-order chi connectivity index (χ1) is 20.6. The van der Waals surface area contributed by atoms with Gasteiger partial charge in [-0.2, -0.15) is 4.98 Å². The zero-order chi connectivity index (χ0) is 28.5. The van der Waals surface area contributed by atoms with Gasteiger partial charge in [-0.3, -0.25) is 4.90 Å². The number of aliphatic hydroxyl groups excluding tert-OH is 1. The second-order valence-corrected chi connectivity index (χ2v) is 12.7. The van der Waals surface area contributed by atoms with Crippen LogP contribution in [-0.2, 0) is 12.8 Å². The van der Waals surface area contributed by atoms with Gasteiger partial charge < -0.3 is 9.67 Å². The smallest absolute Gasteiger partial charge is 0.224 e. The summed E-state index contributed by atoms with van der Waals surface area (Å²) in [4.78, 5) is 16.5. The van der Waals surface area contributed by atoms with E-state index in [2.05, 4.69) is 91.7 Å². The molecule has 3 aromatic heterocycles. The van der Waals surface area contributed by atoms with Crippen LogP contribution < -0.4 is 0 Å². The summed E-state index contributed by atoms with van der Waals surface area (Å²) in [6.07, 6.45) is 10.4. The topological polar surface area (TPSA) is 67.1 Å². The van der Waals surface area contributed by atoms with Gasteiger partial charge in [-0.15, -0.1) is 11.3 Å². The van der Waals surface area contributed by atoms with E-state index in [-0.39, 0.29) is 11.3 Å². The van der Waals surface area contributed by atoms with Crippen LogP contribution in [0.1, 0.15) is 42.1 Å². The highest BCUT2D eigenvalue weighted by atomic mass is 35.5. The highest BCUT2D eigenvalue weighted by Gasteiger charge is 2.38. The maximum atomic E-state index is 11.4. The van der Waals surface area contributed by atoms with Crippen molar-refractivity contribution < 1.29 is 5.11 Å². The fourth-order valence-electron chi connectivity index (χ4n) is 6.60. The van der Waals surface area contributed by atoms with Crippen molar-refractivity contribution >= 4 is 34.0 Å². The highest BCUT2D eigenvalue weighted by molar-refractivity contribution is 7.13. The normalized spacial score (nSPS) is 21.2. The maximum Gasteiger partial charge on any atom is 0.224 e. The average Bonchev–Trinajstić information content (AvgIpc) is 3.74. The summed E-state index contributed by atoms with van der Waals surface area (Å²) in [6.45, 7) is 3.13. The van der Waals surface area contributed by atoms with Gasteiger partial charge >= 0.3 is 0 Å². The first-order valence-corrected chi connectivity index (χ1v) is 16.0. The van der Waals surface area contributed by atoms with Gasteiger partial charge in [0.1, 0.15) is 10.7 Å². The lowest BCUT2D eigenvalue weighted by Gasteiger charge is -2.30. The molecule has 7 rings (SSSR count). The first-order valence-electron chi connectivity index (χ1n) is 14.8. The molecule has 1 aliphatic carbocycles. The molecule has 214 valence electrons. The molecule has 1 saturated carbocycles. The molecule has 2 aromatic carbocycles. The SMILES string of the molecule is O[C@@H]1C[C@@H](C2=CCCN(CCc3ccccc3)C2)CC1n1cc(-c2nc(Cc3ccccc3)cs2)c2cnc(Cl)nc21. The Morgan fingerprint density at radius 2 is 1.76 bits per heavy atom. The molecule has 42 heavy (non-hydrogen) atoms. The van der Waals surface area contributed by atoms with E-state index >= 15 is 0 Å². The van der Waals surface area contributed by atoms with Gasteiger partial charge in [0.25, 0.3) is 0 Å². The number of rotatable bonds is 8. The van der Waals surface area contributed by atoms with Gasteiger partial charge in [-0.25, -0.2) is 9.97 Å². The van der Waals surface area contributed by atoms with Crippen LogP contribution in [0.4, 0.5) is 0 Å². The van der Waals surface area contributed by atoms with E-state index in [1.54, 1.807) is 17.5 Å². The third kappa shape index (κ3) is 5.79. The molecule has 6 nitrogen and oxygen atoms in total. The fraction of sp³-hybridized carbons (Fsp3) is 0.324. The largest absolute Gasteiger partial charge is 0.391 e. The summed E-state index contributed by atoms with van der Waals surface area (Å²) < 4.78 is 2.14. The number of benzene rings is 2. The number of hydrogen-bond acceptors (Lipinski definition) is 6. The predicted octanol–water partition coefficient (Wildman–Crippen LogP) is 6.99. The lowest BCUT2D eigenvalue weighted by Crippen LogP contribution is -2.33. The first kappa shape index (κ1) is 27.5. The number of aromatic nitrogens is 4. The van der Waals surface area contributed by atoms with E-state index in [0.29, 0.717) is 5.92 Å². The van der Waals surface area contributed by atoms with Crippen LogP contribution in [-0.4, -0.2) is 55.3 Å². The van der Waals surface area contributed by atoms with Crippen molar-refractivity contribution in [2.75, 3.05) is 19.6 Å². The van der Waals surface area contributed by atoms with Crippen molar-refractivity contribution in [2.45, 2.75) is 44.2 Å². The van der Waals surface area contributed by atoms with Crippen molar-refractivity contribution in [3.63, 3.8) is 0 Å². The quantitative estimate of drug-likeness (QED) is 0.155. The Morgan fingerprint density at radius 3 is 2.57 bits per heavy atom. The van der Waals surface area contributed by atoms with Gasteiger partial charge in [0, 0.05) is 54.8 Å². The standard InChI is InChI=1S/C34H34ClN5OS/c35-34-36-19-28-29(33-37-27(22-42-33)16-24-10-5-2-6-11-24)21-40(32(28)38-34)30-17-26(18-31(30)41)25-12-7-14-39(20-25)15-13-23-8-3-1-4-9-23/h1-6,8-12,19,21-22,26,30-31,41H,7,13-18,20H2/t26-,30?,31+/m0/s1. The predicted molar refractivity (Wildman–Crippen MR) is 170 cm³/mol. The summed E-state index contributed by atoms with van der Waals surface area (Å²) in [7, 11) is 0. The lowest BCUT2D eigenvalue weighted by molar-refractivity contribution is 0.136. The fourth-order valence-corrected chi connectivity index (χ4v) is 7.57. The summed E-state index contributed by atoms with van der Waals surface area (Å²) in [5.74, 6) is 0.347. The number of thiazole rings is 1. The molecule has 3 atom stereocenters. The molecule has 8 heteroatoms. The molecule has 5 aromatic rings. The van der Waals surface area contributed by atoms with Gasteiger partial charge in [-0.05, 0) is 54.3 Å². The Morgan fingerprint density at radius 1 is 0.976 bits per heavy atom. The minimum atomic E-state index is -0.460. The van der Waals surface area contributed by atoms with Crippen LogP contribution in [0.15, 0.2) is 90.1 Å². The second kappa shape index (κ2) is 12.1. The van der Waals surface area contributed by atoms with Crippen molar-refractivity contribution in [1.82, 2.24) is 24.4 Å². The van der Waals surface area contributed by atoms with Crippen LogP contribution in [0.3, 0.4) is 0 Å². The average molecular weight is 596 g/mol. The molecule has 1 aliphatic heterocycles. The molecule has 1 fully saturated rings. The Bertz CT molecular complexity index is 1700. The van der Waals surface area contributed by atoms with Crippen molar-refractivity contribution in [2.24, 2.45) is 5.92 Å². The molecule has 4 heterocycles. The monoisotopic (exact) mass is 595 g/mol.